The van der Waals surface area contributed by atoms with Crippen molar-refractivity contribution in [2.45, 2.75) is 25.3 Å². The number of nitrogens with two attached hydrogens (primary N) is 1. The van der Waals surface area contributed by atoms with Gasteiger partial charge in [0.1, 0.15) is 17.6 Å². The molecule has 0 amide bonds. The molecule has 1 aliphatic rings. The van der Waals surface area contributed by atoms with Crippen LogP contribution in [-0.2, 0) is 17.6 Å². The van der Waals surface area contributed by atoms with Gasteiger partial charge in [0.05, 0.1) is 6.61 Å². The molecule has 0 aromatic heterocycles. The predicted octanol–water partition coefficient (Wildman–Crippen LogP) is 1.11. The Balaban J connectivity index is 2.34. The molecule has 1 aromatic rings. The minimum Gasteiger partial charge on any atom is -0.493 e. The summed E-state index contributed by atoms with van der Waals surface area (Å²) in [6, 6.07) is 1.92. The number of carboxylic acids is 1. The lowest BCUT2D eigenvalue weighted by molar-refractivity contribution is -0.138. The molecule has 0 fully saturated rings. The van der Waals surface area contributed by atoms with Crippen LogP contribution in [0.25, 0.3) is 0 Å². The van der Waals surface area contributed by atoms with E-state index >= 15 is 0 Å². The summed E-state index contributed by atoms with van der Waals surface area (Å²) in [5, 5.41) is 8.75. The lowest BCUT2D eigenvalue weighted by atomic mass is 9.98. The summed E-state index contributed by atoms with van der Waals surface area (Å²) in [6.07, 6.45) is 1.66. The van der Waals surface area contributed by atoms with Gasteiger partial charge < -0.3 is 15.6 Å². The summed E-state index contributed by atoms with van der Waals surface area (Å²) >= 11 is 0. The number of halogens is 1. The first kappa shape index (κ1) is 11.9. The molecule has 92 valence electrons. The zero-order valence-corrected chi connectivity index (χ0v) is 9.28. The van der Waals surface area contributed by atoms with Crippen molar-refractivity contribution in [3.63, 3.8) is 0 Å². The second-order valence-electron chi connectivity index (χ2n) is 4.12. The van der Waals surface area contributed by atoms with Crippen molar-refractivity contribution in [2.24, 2.45) is 5.73 Å². The molecule has 1 heterocycles. The Morgan fingerprint density at radius 2 is 2.35 bits per heavy atom. The molecular formula is C12H14FNO3. The van der Waals surface area contributed by atoms with Crippen LogP contribution in [0.15, 0.2) is 12.1 Å². The molecule has 0 saturated heterocycles. The van der Waals surface area contributed by atoms with Crippen molar-refractivity contribution in [1.29, 1.82) is 0 Å². The summed E-state index contributed by atoms with van der Waals surface area (Å²) in [5.41, 5.74) is 6.63. The number of aliphatic carboxylic acids is 1. The average Bonchev–Trinajstić information content (AvgIpc) is 2.32. The molecule has 2 rings (SSSR count). The monoisotopic (exact) mass is 239 g/mol. The van der Waals surface area contributed by atoms with E-state index in [0.29, 0.717) is 12.4 Å². The lowest BCUT2D eigenvalue weighted by Gasteiger charge is -2.21. The van der Waals surface area contributed by atoms with Crippen LogP contribution in [0, 0.1) is 5.82 Å². The molecular weight excluding hydrogens is 225 g/mol. The number of rotatable bonds is 3. The molecule has 0 aliphatic carbocycles. The highest BCUT2D eigenvalue weighted by Crippen LogP contribution is 2.31. The van der Waals surface area contributed by atoms with Gasteiger partial charge in [-0.2, -0.15) is 0 Å². The molecule has 1 aromatic carbocycles. The molecule has 0 saturated carbocycles. The maximum absolute atomic E-state index is 13.7. The van der Waals surface area contributed by atoms with Crippen LogP contribution in [0.4, 0.5) is 4.39 Å². The van der Waals surface area contributed by atoms with Crippen LogP contribution < -0.4 is 10.5 Å². The van der Waals surface area contributed by atoms with Gasteiger partial charge >= 0.3 is 5.97 Å². The third kappa shape index (κ3) is 2.39. The largest absolute Gasteiger partial charge is 0.493 e. The van der Waals surface area contributed by atoms with Crippen molar-refractivity contribution < 1.29 is 19.0 Å². The number of ether oxygens (including phenoxy) is 1. The summed E-state index contributed by atoms with van der Waals surface area (Å²) in [6.45, 7) is 0.533. The zero-order valence-electron chi connectivity index (χ0n) is 9.28. The molecule has 1 aliphatic heterocycles. The summed E-state index contributed by atoms with van der Waals surface area (Å²) in [5.74, 6) is -1.12. The summed E-state index contributed by atoms with van der Waals surface area (Å²) in [4.78, 5) is 10.7. The maximum Gasteiger partial charge on any atom is 0.320 e. The lowest BCUT2D eigenvalue weighted by Crippen LogP contribution is -2.33. The third-order valence-electron chi connectivity index (χ3n) is 2.86. The van der Waals surface area contributed by atoms with Gasteiger partial charge in [-0.3, -0.25) is 4.79 Å². The standard InChI is InChI=1S/C12H14FNO3/c13-9-4-3-7-2-1-5-17-11(7)8(9)6-10(14)12(15)16/h3-4,10H,1-2,5-6,14H2,(H,15,16). The summed E-state index contributed by atoms with van der Waals surface area (Å²) in [7, 11) is 0. The van der Waals surface area contributed by atoms with Gasteiger partial charge in [0.15, 0.2) is 0 Å². The van der Waals surface area contributed by atoms with Crippen LogP contribution in [-0.4, -0.2) is 23.7 Å². The van der Waals surface area contributed by atoms with Gasteiger partial charge in [-0.1, -0.05) is 6.07 Å². The van der Waals surface area contributed by atoms with Gasteiger partial charge in [-0.15, -0.1) is 0 Å². The Morgan fingerprint density at radius 1 is 1.59 bits per heavy atom. The van der Waals surface area contributed by atoms with E-state index in [4.69, 9.17) is 15.6 Å². The Hall–Kier alpha value is -1.62. The van der Waals surface area contributed by atoms with E-state index in [2.05, 4.69) is 0 Å². The van der Waals surface area contributed by atoms with Crippen LogP contribution in [0.3, 0.4) is 0 Å². The van der Waals surface area contributed by atoms with Crippen molar-refractivity contribution in [3.8, 4) is 5.75 Å². The van der Waals surface area contributed by atoms with Crippen LogP contribution in [0.2, 0.25) is 0 Å². The number of benzene rings is 1. The van der Waals surface area contributed by atoms with Crippen LogP contribution in [0.5, 0.6) is 5.75 Å². The topological polar surface area (TPSA) is 72.5 Å². The van der Waals surface area contributed by atoms with Crippen molar-refractivity contribution in [2.75, 3.05) is 6.61 Å². The van der Waals surface area contributed by atoms with Crippen LogP contribution >= 0.6 is 0 Å². The second-order valence-corrected chi connectivity index (χ2v) is 4.12. The minimum atomic E-state index is -1.14. The van der Waals surface area contributed by atoms with E-state index < -0.39 is 17.8 Å². The predicted molar refractivity (Wildman–Crippen MR) is 59.5 cm³/mol. The van der Waals surface area contributed by atoms with Gasteiger partial charge in [0.2, 0.25) is 0 Å². The Morgan fingerprint density at radius 3 is 3.06 bits per heavy atom. The number of hydrogen-bond acceptors (Lipinski definition) is 3. The highest BCUT2D eigenvalue weighted by atomic mass is 19.1. The number of carbonyl (C=O) groups is 1. The Bertz CT molecular complexity index is 448. The van der Waals surface area contributed by atoms with E-state index in [0.717, 1.165) is 18.4 Å². The maximum atomic E-state index is 13.7. The minimum absolute atomic E-state index is 0.0513. The quantitative estimate of drug-likeness (QED) is 0.828. The van der Waals surface area contributed by atoms with Crippen molar-refractivity contribution in [1.82, 2.24) is 0 Å². The van der Waals surface area contributed by atoms with E-state index in [1.54, 1.807) is 6.07 Å². The molecule has 3 N–H and O–H groups in total. The Kier molecular flexibility index (Phi) is 3.28. The summed E-state index contributed by atoms with van der Waals surface area (Å²) < 4.78 is 19.1. The molecule has 1 atom stereocenters. The van der Waals surface area contributed by atoms with Crippen molar-refractivity contribution >= 4 is 5.97 Å². The van der Waals surface area contributed by atoms with Gasteiger partial charge in [-0.25, -0.2) is 4.39 Å². The fourth-order valence-electron chi connectivity index (χ4n) is 1.96. The van der Waals surface area contributed by atoms with E-state index in [9.17, 15) is 9.18 Å². The first-order valence-electron chi connectivity index (χ1n) is 5.51. The second kappa shape index (κ2) is 4.71. The number of carboxylic acid groups (broad SMARTS) is 1. The molecule has 5 heteroatoms. The molecule has 1 unspecified atom stereocenters. The number of fused-ring (bicyclic) bond motifs is 1. The molecule has 0 spiro atoms. The number of hydrogen-bond donors (Lipinski definition) is 2. The SMILES string of the molecule is NC(Cc1c(F)ccc2c1OCCC2)C(=O)O. The van der Waals surface area contributed by atoms with Gasteiger partial charge in [0.25, 0.3) is 0 Å². The first-order chi connectivity index (χ1) is 8.09. The first-order valence-corrected chi connectivity index (χ1v) is 5.51. The average molecular weight is 239 g/mol. The third-order valence-corrected chi connectivity index (χ3v) is 2.86. The number of aryl methyl sites for hydroxylation is 1. The molecule has 0 radical (unpaired) electrons. The Labute approximate surface area is 98.2 Å². The van der Waals surface area contributed by atoms with Gasteiger partial charge in [0, 0.05) is 12.0 Å². The highest BCUT2D eigenvalue weighted by molar-refractivity contribution is 5.73. The molecule has 17 heavy (non-hydrogen) atoms. The fourth-order valence-corrected chi connectivity index (χ4v) is 1.96. The normalized spacial score (nSPS) is 15.9. The molecule has 4 nitrogen and oxygen atoms in total. The van der Waals surface area contributed by atoms with E-state index in [1.807, 2.05) is 0 Å². The highest BCUT2D eigenvalue weighted by Gasteiger charge is 2.22. The van der Waals surface area contributed by atoms with Crippen LogP contribution in [0.1, 0.15) is 17.5 Å². The smallest absolute Gasteiger partial charge is 0.320 e. The molecule has 0 bridgehead atoms. The van der Waals surface area contributed by atoms with Gasteiger partial charge in [-0.05, 0) is 24.5 Å². The fraction of sp³-hybridized carbons (Fsp3) is 0.417. The van der Waals surface area contributed by atoms with E-state index in [-0.39, 0.29) is 12.0 Å². The zero-order chi connectivity index (χ0) is 12.4. The van der Waals surface area contributed by atoms with Crippen molar-refractivity contribution in [3.05, 3.63) is 29.1 Å². The van der Waals surface area contributed by atoms with E-state index in [1.165, 1.54) is 6.07 Å².